The molecule has 0 fully saturated rings. The van der Waals surface area contributed by atoms with Crippen LogP contribution in [0.3, 0.4) is 0 Å². The summed E-state index contributed by atoms with van der Waals surface area (Å²) < 4.78 is 0. The second-order valence-corrected chi connectivity index (χ2v) is 11.1. The van der Waals surface area contributed by atoms with Gasteiger partial charge in [0.15, 0.2) is 0 Å². The average Bonchev–Trinajstić information content (AvgIpc) is 2.86. The second kappa shape index (κ2) is 7.73. The fraction of sp³-hybridized carbons (Fsp3) is 0.400. The highest BCUT2D eigenvalue weighted by Crippen LogP contribution is 2.34. The Morgan fingerprint density at radius 2 is 1.30 bits per heavy atom. The summed E-state index contributed by atoms with van der Waals surface area (Å²) in [4.78, 5) is 0. The van der Waals surface area contributed by atoms with Crippen LogP contribution in [-0.4, -0.2) is 0 Å². The molecule has 0 atom stereocenters. The molecule has 0 aliphatic heterocycles. The van der Waals surface area contributed by atoms with Gasteiger partial charge in [0.25, 0.3) is 0 Å². The summed E-state index contributed by atoms with van der Waals surface area (Å²) in [6.45, 7) is 14.0. The van der Waals surface area contributed by atoms with E-state index in [1.54, 1.807) is 5.56 Å². The molecule has 3 aromatic rings. The predicted octanol–water partition coefficient (Wildman–Crippen LogP) is 7.56. The van der Waals surface area contributed by atoms with Crippen LogP contribution in [0.15, 0.2) is 60.7 Å². The van der Waals surface area contributed by atoms with Crippen LogP contribution < -0.4 is 0 Å². The molecule has 1 aliphatic carbocycles. The first-order valence-corrected chi connectivity index (χ1v) is 11.4. The van der Waals surface area contributed by atoms with Gasteiger partial charge in [-0.05, 0) is 81.0 Å². The van der Waals surface area contributed by atoms with E-state index >= 15 is 0 Å². The van der Waals surface area contributed by atoms with E-state index in [1.165, 1.54) is 38.9 Å². The van der Waals surface area contributed by atoms with Gasteiger partial charge in [0.2, 0.25) is 0 Å². The molecule has 0 spiro atoms. The van der Waals surface area contributed by atoms with E-state index in [0.29, 0.717) is 0 Å². The zero-order chi connectivity index (χ0) is 21.5. The smallest absolute Gasteiger partial charge is 0.00200 e. The molecule has 0 bridgehead atoms. The Bertz CT molecular complexity index is 1040. The van der Waals surface area contributed by atoms with Crippen LogP contribution in [0.25, 0.3) is 0 Å². The standard InChI is InChI=1S/C30H36/c1-29(2,3)26-14-12-22-13-15-28-24(16-21-10-8-7-9-11-21)19-27(30(4,5)6)20-25(28)17-23(22)18-26/h7-12,14,18-20H,13,15-17H2,1-6H3. The average molecular weight is 397 g/mol. The molecule has 156 valence electrons. The van der Waals surface area contributed by atoms with Crippen molar-refractivity contribution >= 4 is 0 Å². The molecule has 0 N–H and O–H groups in total. The molecular weight excluding hydrogens is 360 g/mol. The van der Waals surface area contributed by atoms with Crippen LogP contribution >= 0.6 is 0 Å². The van der Waals surface area contributed by atoms with Crippen molar-refractivity contribution in [2.24, 2.45) is 0 Å². The minimum Gasteiger partial charge on any atom is -0.0622 e. The Kier molecular flexibility index (Phi) is 5.39. The molecule has 0 nitrogen and oxygen atoms in total. The van der Waals surface area contributed by atoms with E-state index in [1.807, 2.05) is 0 Å². The Morgan fingerprint density at radius 1 is 0.633 bits per heavy atom. The molecule has 0 unspecified atom stereocenters. The van der Waals surface area contributed by atoms with Crippen molar-refractivity contribution in [2.45, 2.75) is 78.1 Å². The van der Waals surface area contributed by atoms with Gasteiger partial charge in [-0.25, -0.2) is 0 Å². The van der Waals surface area contributed by atoms with Gasteiger partial charge in [0.05, 0.1) is 0 Å². The second-order valence-electron chi connectivity index (χ2n) is 11.1. The third-order valence-corrected chi connectivity index (χ3v) is 6.64. The molecule has 0 heteroatoms. The summed E-state index contributed by atoms with van der Waals surface area (Å²) in [6.07, 6.45) is 4.37. The fourth-order valence-corrected chi connectivity index (χ4v) is 4.65. The molecule has 0 saturated carbocycles. The first-order chi connectivity index (χ1) is 14.1. The Balaban J connectivity index is 1.81. The molecule has 0 radical (unpaired) electrons. The normalized spacial score (nSPS) is 14.1. The van der Waals surface area contributed by atoms with Gasteiger partial charge in [0.1, 0.15) is 0 Å². The van der Waals surface area contributed by atoms with E-state index in [0.717, 1.165) is 25.7 Å². The van der Waals surface area contributed by atoms with E-state index in [9.17, 15) is 0 Å². The van der Waals surface area contributed by atoms with Crippen LogP contribution in [0.4, 0.5) is 0 Å². The van der Waals surface area contributed by atoms with Crippen molar-refractivity contribution in [3.63, 3.8) is 0 Å². The quantitative estimate of drug-likeness (QED) is 0.419. The first-order valence-electron chi connectivity index (χ1n) is 11.4. The monoisotopic (exact) mass is 396 g/mol. The van der Waals surface area contributed by atoms with Gasteiger partial charge in [-0.15, -0.1) is 0 Å². The topological polar surface area (TPSA) is 0 Å². The van der Waals surface area contributed by atoms with Gasteiger partial charge in [0, 0.05) is 0 Å². The zero-order valence-corrected chi connectivity index (χ0v) is 19.6. The molecule has 0 heterocycles. The van der Waals surface area contributed by atoms with Crippen LogP contribution in [-0.2, 0) is 36.5 Å². The number of hydrogen-bond acceptors (Lipinski definition) is 0. The zero-order valence-electron chi connectivity index (χ0n) is 19.6. The lowest BCUT2D eigenvalue weighted by Crippen LogP contribution is -2.14. The molecule has 0 aromatic heterocycles. The van der Waals surface area contributed by atoms with Gasteiger partial charge < -0.3 is 0 Å². The highest BCUT2D eigenvalue weighted by atomic mass is 14.3. The van der Waals surface area contributed by atoms with E-state index in [-0.39, 0.29) is 10.8 Å². The number of benzene rings is 3. The Labute approximate surface area is 183 Å². The maximum atomic E-state index is 2.50. The van der Waals surface area contributed by atoms with Gasteiger partial charge in [-0.1, -0.05) is 102 Å². The van der Waals surface area contributed by atoms with Crippen LogP contribution in [0.2, 0.25) is 0 Å². The summed E-state index contributed by atoms with van der Waals surface area (Å²) in [5, 5.41) is 0. The summed E-state index contributed by atoms with van der Waals surface area (Å²) in [7, 11) is 0. The van der Waals surface area contributed by atoms with Crippen molar-refractivity contribution in [2.75, 3.05) is 0 Å². The third kappa shape index (κ3) is 4.38. The lowest BCUT2D eigenvalue weighted by atomic mass is 9.81. The van der Waals surface area contributed by atoms with E-state index in [4.69, 9.17) is 0 Å². The molecule has 0 saturated heterocycles. The number of rotatable bonds is 2. The van der Waals surface area contributed by atoms with Crippen molar-refractivity contribution in [3.05, 3.63) is 105 Å². The highest BCUT2D eigenvalue weighted by Gasteiger charge is 2.23. The highest BCUT2D eigenvalue weighted by molar-refractivity contribution is 5.50. The third-order valence-electron chi connectivity index (χ3n) is 6.64. The lowest BCUT2D eigenvalue weighted by molar-refractivity contribution is 0.588. The molecule has 4 rings (SSSR count). The molecular formula is C30H36. The molecule has 3 aromatic carbocycles. The minimum absolute atomic E-state index is 0.156. The van der Waals surface area contributed by atoms with E-state index < -0.39 is 0 Å². The molecule has 1 aliphatic rings. The lowest BCUT2D eigenvalue weighted by Gasteiger charge is -2.24. The van der Waals surface area contributed by atoms with Crippen molar-refractivity contribution in [3.8, 4) is 0 Å². The van der Waals surface area contributed by atoms with Crippen LogP contribution in [0.5, 0.6) is 0 Å². The fourth-order valence-electron chi connectivity index (χ4n) is 4.65. The predicted molar refractivity (Wildman–Crippen MR) is 130 cm³/mol. The molecule has 30 heavy (non-hydrogen) atoms. The first kappa shape index (κ1) is 20.9. The van der Waals surface area contributed by atoms with Crippen molar-refractivity contribution in [1.82, 2.24) is 0 Å². The van der Waals surface area contributed by atoms with Crippen molar-refractivity contribution < 1.29 is 0 Å². The number of fused-ring (bicyclic) bond motifs is 2. The van der Waals surface area contributed by atoms with Gasteiger partial charge in [-0.3, -0.25) is 0 Å². The summed E-state index contributed by atoms with van der Waals surface area (Å²) in [6, 6.07) is 23.2. The Morgan fingerprint density at radius 3 is 1.97 bits per heavy atom. The van der Waals surface area contributed by atoms with Gasteiger partial charge in [-0.2, -0.15) is 0 Å². The van der Waals surface area contributed by atoms with Crippen molar-refractivity contribution in [1.29, 1.82) is 0 Å². The number of hydrogen-bond donors (Lipinski definition) is 0. The van der Waals surface area contributed by atoms with Crippen LogP contribution in [0.1, 0.15) is 86.1 Å². The number of aryl methyl sites for hydroxylation is 1. The summed E-state index contributed by atoms with van der Waals surface area (Å²) in [5.41, 5.74) is 12.4. The molecule has 0 amide bonds. The maximum Gasteiger partial charge on any atom is -0.00200 e. The summed E-state index contributed by atoms with van der Waals surface area (Å²) >= 11 is 0. The van der Waals surface area contributed by atoms with Crippen LogP contribution in [0, 0.1) is 0 Å². The van der Waals surface area contributed by atoms with E-state index in [2.05, 4.69) is 102 Å². The maximum absolute atomic E-state index is 2.50. The SMILES string of the molecule is CC(C)(C)c1ccc2c(c1)Cc1cc(C(C)(C)C)cc(Cc3ccccc3)c1CC2. The Hall–Kier alpha value is -2.34. The largest absolute Gasteiger partial charge is 0.0622 e. The summed E-state index contributed by atoms with van der Waals surface area (Å²) in [5.74, 6) is 0. The minimum atomic E-state index is 0.156. The van der Waals surface area contributed by atoms with Gasteiger partial charge >= 0.3 is 0 Å².